The molecule has 0 amide bonds. The Hall–Kier alpha value is -0.540. The third-order valence-electron chi connectivity index (χ3n) is 3.28. The van der Waals surface area contributed by atoms with Gasteiger partial charge >= 0.3 is 0 Å². The Labute approximate surface area is 105 Å². The number of rotatable bonds is 2. The van der Waals surface area contributed by atoms with Gasteiger partial charge in [-0.2, -0.15) is 0 Å². The van der Waals surface area contributed by atoms with Crippen molar-refractivity contribution in [3.8, 4) is 0 Å². The summed E-state index contributed by atoms with van der Waals surface area (Å²) >= 11 is 3.52. The van der Waals surface area contributed by atoms with Gasteiger partial charge in [0.25, 0.3) is 0 Å². The molecule has 1 fully saturated rings. The van der Waals surface area contributed by atoms with Gasteiger partial charge in [-0.25, -0.2) is 0 Å². The van der Waals surface area contributed by atoms with Crippen LogP contribution in [-0.2, 0) is 0 Å². The molecule has 1 aliphatic heterocycles. The van der Waals surface area contributed by atoms with E-state index in [9.17, 15) is 5.11 Å². The molecule has 1 unspecified atom stereocenters. The molecule has 0 spiro atoms. The molecule has 0 saturated carbocycles. The van der Waals surface area contributed by atoms with Gasteiger partial charge in [0.15, 0.2) is 0 Å². The van der Waals surface area contributed by atoms with Crippen molar-refractivity contribution in [1.29, 1.82) is 0 Å². The van der Waals surface area contributed by atoms with E-state index in [0.29, 0.717) is 12.5 Å². The monoisotopic (exact) mass is 283 g/mol. The molecule has 1 N–H and O–H groups in total. The van der Waals surface area contributed by atoms with Crippen molar-refractivity contribution in [2.24, 2.45) is 5.92 Å². The topological polar surface area (TPSA) is 23.5 Å². The summed E-state index contributed by atoms with van der Waals surface area (Å²) in [6.45, 7) is 4.52. The summed E-state index contributed by atoms with van der Waals surface area (Å²) in [5.74, 6) is 0.442. The van der Waals surface area contributed by atoms with E-state index in [4.69, 9.17) is 0 Å². The largest absolute Gasteiger partial charge is 0.396 e. The van der Waals surface area contributed by atoms with Gasteiger partial charge in [0.2, 0.25) is 0 Å². The van der Waals surface area contributed by atoms with Crippen LogP contribution < -0.4 is 4.90 Å². The summed E-state index contributed by atoms with van der Waals surface area (Å²) in [7, 11) is 0. The Morgan fingerprint density at radius 3 is 3.00 bits per heavy atom. The summed E-state index contributed by atoms with van der Waals surface area (Å²) in [4.78, 5) is 2.38. The molecule has 1 aromatic carbocycles. The van der Waals surface area contributed by atoms with Crippen LogP contribution in [0.3, 0.4) is 0 Å². The van der Waals surface area contributed by atoms with Crippen LogP contribution >= 0.6 is 15.9 Å². The second kappa shape index (κ2) is 5.19. The molecule has 2 rings (SSSR count). The van der Waals surface area contributed by atoms with Gasteiger partial charge < -0.3 is 10.0 Å². The number of aliphatic hydroxyl groups excluding tert-OH is 1. The Bertz CT molecular complexity index is 367. The molecule has 0 bridgehead atoms. The molecule has 1 saturated heterocycles. The quantitative estimate of drug-likeness (QED) is 0.902. The van der Waals surface area contributed by atoms with Crippen molar-refractivity contribution in [3.63, 3.8) is 0 Å². The predicted octanol–water partition coefficient (Wildman–Crippen LogP) is 2.97. The van der Waals surface area contributed by atoms with Gasteiger partial charge in [-0.1, -0.05) is 15.9 Å². The molecule has 1 aliphatic rings. The fourth-order valence-electron chi connectivity index (χ4n) is 2.27. The molecule has 88 valence electrons. The fraction of sp³-hybridized carbons (Fsp3) is 0.538. The first-order valence-electron chi connectivity index (χ1n) is 5.82. The summed E-state index contributed by atoms with van der Waals surface area (Å²) in [6, 6.07) is 6.47. The number of anilines is 1. The van der Waals surface area contributed by atoms with Gasteiger partial charge in [-0.15, -0.1) is 0 Å². The molecular formula is C13H18BrNO. The van der Waals surface area contributed by atoms with Gasteiger partial charge in [-0.05, 0) is 49.4 Å². The minimum atomic E-state index is 0.312. The van der Waals surface area contributed by atoms with Gasteiger partial charge in [0.1, 0.15) is 0 Å². The van der Waals surface area contributed by atoms with Gasteiger partial charge in [0, 0.05) is 29.9 Å². The zero-order valence-electron chi connectivity index (χ0n) is 9.62. The zero-order valence-corrected chi connectivity index (χ0v) is 11.2. The number of benzene rings is 1. The summed E-state index contributed by atoms with van der Waals surface area (Å²) < 4.78 is 1.16. The average Bonchev–Trinajstić information content (AvgIpc) is 2.33. The minimum absolute atomic E-state index is 0.312. The molecule has 0 radical (unpaired) electrons. The second-order valence-corrected chi connectivity index (χ2v) is 5.42. The van der Waals surface area contributed by atoms with Crippen molar-refractivity contribution in [3.05, 3.63) is 28.2 Å². The number of hydrogen-bond acceptors (Lipinski definition) is 2. The van der Waals surface area contributed by atoms with E-state index in [-0.39, 0.29) is 0 Å². The van der Waals surface area contributed by atoms with Crippen LogP contribution in [0.1, 0.15) is 18.4 Å². The first-order chi connectivity index (χ1) is 7.70. The molecule has 1 heterocycles. The first kappa shape index (κ1) is 11.9. The molecule has 16 heavy (non-hydrogen) atoms. The van der Waals surface area contributed by atoms with Crippen LogP contribution in [-0.4, -0.2) is 24.8 Å². The lowest BCUT2D eigenvalue weighted by Crippen LogP contribution is -2.36. The Balaban J connectivity index is 2.13. The maximum Gasteiger partial charge on any atom is 0.0476 e. The number of nitrogens with zero attached hydrogens (tertiary/aromatic N) is 1. The number of aryl methyl sites for hydroxylation is 1. The summed E-state index contributed by atoms with van der Waals surface area (Å²) in [6.07, 6.45) is 2.34. The highest BCUT2D eigenvalue weighted by molar-refractivity contribution is 9.10. The van der Waals surface area contributed by atoms with E-state index in [1.54, 1.807) is 0 Å². The Kier molecular flexibility index (Phi) is 3.87. The van der Waals surface area contributed by atoms with Crippen LogP contribution in [0.4, 0.5) is 5.69 Å². The van der Waals surface area contributed by atoms with E-state index in [1.165, 1.54) is 17.7 Å². The molecular weight excluding hydrogens is 266 g/mol. The minimum Gasteiger partial charge on any atom is -0.396 e. The normalized spacial score (nSPS) is 21.2. The maximum absolute atomic E-state index is 9.22. The SMILES string of the molecule is Cc1cc(N2CCCC(CO)C2)ccc1Br. The van der Waals surface area contributed by atoms with Crippen molar-refractivity contribution >= 4 is 21.6 Å². The number of aliphatic hydroxyl groups is 1. The van der Waals surface area contributed by atoms with Crippen molar-refractivity contribution in [2.75, 3.05) is 24.6 Å². The molecule has 0 aromatic heterocycles. The van der Waals surface area contributed by atoms with E-state index < -0.39 is 0 Å². The molecule has 1 aromatic rings. The summed E-state index contributed by atoms with van der Waals surface area (Å²) in [5.41, 5.74) is 2.54. The lowest BCUT2D eigenvalue weighted by atomic mass is 9.98. The standard InChI is InChI=1S/C13H18BrNO/c1-10-7-12(4-5-13(10)14)15-6-2-3-11(8-15)9-16/h4-5,7,11,16H,2-3,6,8-9H2,1H3. The third-order valence-corrected chi connectivity index (χ3v) is 4.17. The molecule has 3 heteroatoms. The van der Waals surface area contributed by atoms with E-state index in [1.807, 2.05) is 0 Å². The lowest BCUT2D eigenvalue weighted by Gasteiger charge is -2.33. The lowest BCUT2D eigenvalue weighted by molar-refractivity contribution is 0.209. The average molecular weight is 284 g/mol. The van der Waals surface area contributed by atoms with Gasteiger partial charge in [0.05, 0.1) is 0 Å². The molecule has 2 nitrogen and oxygen atoms in total. The third kappa shape index (κ3) is 2.58. The van der Waals surface area contributed by atoms with Crippen LogP contribution in [0, 0.1) is 12.8 Å². The zero-order chi connectivity index (χ0) is 11.5. The Morgan fingerprint density at radius 1 is 1.50 bits per heavy atom. The van der Waals surface area contributed by atoms with Crippen LogP contribution in [0.15, 0.2) is 22.7 Å². The smallest absolute Gasteiger partial charge is 0.0476 e. The van der Waals surface area contributed by atoms with Crippen molar-refractivity contribution < 1.29 is 5.11 Å². The molecule has 0 aliphatic carbocycles. The number of piperidine rings is 1. The van der Waals surface area contributed by atoms with E-state index in [2.05, 4.69) is 46.0 Å². The fourth-order valence-corrected chi connectivity index (χ4v) is 2.52. The molecule has 1 atom stereocenters. The first-order valence-corrected chi connectivity index (χ1v) is 6.62. The summed E-state index contributed by atoms with van der Waals surface area (Å²) in [5, 5.41) is 9.22. The maximum atomic E-state index is 9.22. The second-order valence-electron chi connectivity index (χ2n) is 4.57. The highest BCUT2D eigenvalue weighted by atomic mass is 79.9. The van der Waals surface area contributed by atoms with Gasteiger partial charge in [-0.3, -0.25) is 0 Å². The number of halogens is 1. The number of hydrogen-bond donors (Lipinski definition) is 1. The van der Waals surface area contributed by atoms with Crippen LogP contribution in [0.2, 0.25) is 0 Å². The Morgan fingerprint density at radius 2 is 2.31 bits per heavy atom. The van der Waals surface area contributed by atoms with Crippen molar-refractivity contribution in [1.82, 2.24) is 0 Å². The van der Waals surface area contributed by atoms with Crippen LogP contribution in [0.25, 0.3) is 0 Å². The van der Waals surface area contributed by atoms with Crippen LogP contribution in [0.5, 0.6) is 0 Å². The highest BCUT2D eigenvalue weighted by Crippen LogP contribution is 2.26. The highest BCUT2D eigenvalue weighted by Gasteiger charge is 2.19. The van der Waals surface area contributed by atoms with E-state index in [0.717, 1.165) is 24.0 Å². The predicted molar refractivity (Wildman–Crippen MR) is 70.9 cm³/mol. The van der Waals surface area contributed by atoms with E-state index >= 15 is 0 Å². The van der Waals surface area contributed by atoms with Crippen molar-refractivity contribution in [2.45, 2.75) is 19.8 Å².